The number of nitrogens with one attached hydrogen (secondary N) is 1. The first-order valence-electron chi connectivity index (χ1n) is 5.97. The molecule has 1 atom stereocenters. The highest BCUT2D eigenvalue weighted by Gasteiger charge is 2.03. The van der Waals surface area contributed by atoms with Crippen molar-refractivity contribution in [3.05, 3.63) is 41.7 Å². The molecule has 18 heavy (non-hydrogen) atoms. The number of halogens is 1. The lowest BCUT2D eigenvalue weighted by Gasteiger charge is -2.10. The first kappa shape index (κ1) is 14.4. The van der Waals surface area contributed by atoms with Crippen LogP contribution in [0.2, 0.25) is 0 Å². The standard InChI is InChI=1S/C14H18FNO2/c1-11(4-3-9-17)16-14(18)8-7-12-5-2-6-13(15)10-12/h2,5-8,10-11,17H,3-4,9H2,1H3,(H,16,18). The molecule has 1 amide bonds. The molecule has 2 N–H and O–H groups in total. The van der Waals surface area contributed by atoms with E-state index < -0.39 is 0 Å². The van der Waals surface area contributed by atoms with E-state index >= 15 is 0 Å². The second kappa shape index (κ2) is 7.61. The van der Waals surface area contributed by atoms with Gasteiger partial charge in [0.15, 0.2) is 0 Å². The van der Waals surface area contributed by atoms with Crippen LogP contribution in [0.25, 0.3) is 6.08 Å². The van der Waals surface area contributed by atoms with Crippen molar-refractivity contribution in [3.63, 3.8) is 0 Å². The van der Waals surface area contributed by atoms with E-state index in [1.807, 2.05) is 6.92 Å². The molecule has 0 aromatic heterocycles. The molecular formula is C14H18FNO2. The summed E-state index contributed by atoms with van der Waals surface area (Å²) < 4.78 is 12.9. The lowest BCUT2D eigenvalue weighted by atomic mass is 10.2. The van der Waals surface area contributed by atoms with Crippen LogP contribution in [0.4, 0.5) is 4.39 Å². The fraction of sp³-hybridized carbons (Fsp3) is 0.357. The van der Waals surface area contributed by atoms with Crippen molar-refractivity contribution in [3.8, 4) is 0 Å². The molecule has 0 spiro atoms. The minimum atomic E-state index is -0.325. The summed E-state index contributed by atoms with van der Waals surface area (Å²) in [7, 11) is 0. The Labute approximate surface area is 106 Å². The van der Waals surface area contributed by atoms with Gasteiger partial charge in [-0.1, -0.05) is 12.1 Å². The van der Waals surface area contributed by atoms with Gasteiger partial charge in [-0.05, 0) is 43.5 Å². The first-order chi connectivity index (χ1) is 8.61. The van der Waals surface area contributed by atoms with Gasteiger partial charge in [0.2, 0.25) is 5.91 Å². The summed E-state index contributed by atoms with van der Waals surface area (Å²) in [4.78, 5) is 11.5. The molecule has 1 aromatic rings. The van der Waals surface area contributed by atoms with E-state index in [4.69, 9.17) is 5.11 Å². The van der Waals surface area contributed by atoms with Crippen LogP contribution in [-0.4, -0.2) is 23.7 Å². The van der Waals surface area contributed by atoms with Crippen LogP contribution in [0.5, 0.6) is 0 Å². The van der Waals surface area contributed by atoms with Gasteiger partial charge >= 0.3 is 0 Å². The molecule has 0 saturated carbocycles. The van der Waals surface area contributed by atoms with E-state index in [9.17, 15) is 9.18 Å². The second-order valence-electron chi connectivity index (χ2n) is 4.16. The van der Waals surface area contributed by atoms with Crippen LogP contribution in [0.1, 0.15) is 25.3 Å². The van der Waals surface area contributed by atoms with Crippen molar-refractivity contribution >= 4 is 12.0 Å². The Hall–Kier alpha value is -1.68. The first-order valence-corrected chi connectivity index (χ1v) is 5.97. The number of benzene rings is 1. The van der Waals surface area contributed by atoms with E-state index in [0.29, 0.717) is 12.0 Å². The monoisotopic (exact) mass is 251 g/mol. The van der Waals surface area contributed by atoms with E-state index in [2.05, 4.69) is 5.32 Å². The molecule has 1 unspecified atom stereocenters. The molecule has 0 saturated heterocycles. The number of hydrogen-bond donors (Lipinski definition) is 2. The summed E-state index contributed by atoms with van der Waals surface area (Å²) in [6.45, 7) is 2.00. The molecule has 0 aliphatic carbocycles. The third kappa shape index (κ3) is 5.59. The smallest absolute Gasteiger partial charge is 0.244 e. The molecule has 1 rings (SSSR count). The Balaban J connectivity index is 2.44. The van der Waals surface area contributed by atoms with Gasteiger partial charge in [-0.15, -0.1) is 0 Å². The SMILES string of the molecule is CC(CCCO)NC(=O)C=Cc1cccc(F)c1. The quantitative estimate of drug-likeness (QED) is 0.761. The molecule has 1 aromatic carbocycles. The number of carbonyl (C=O) groups is 1. The zero-order chi connectivity index (χ0) is 13.4. The topological polar surface area (TPSA) is 49.3 Å². The van der Waals surface area contributed by atoms with Crippen molar-refractivity contribution in [1.82, 2.24) is 5.32 Å². The average molecular weight is 251 g/mol. The summed E-state index contributed by atoms with van der Waals surface area (Å²) in [6.07, 6.45) is 4.34. The lowest BCUT2D eigenvalue weighted by Crippen LogP contribution is -2.31. The molecular weight excluding hydrogens is 233 g/mol. The van der Waals surface area contributed by atoms with Crippen LogP contribution in [0.15, 0.2) is 30.3 Å². The Bertz CT molecular complexity index is 418. The van der Waals surface area contributed by atoms with E-state index in [0.717, 1.165) is 6.42 Å². The zero-order valence-corrected chi connectivity index (χ0v) is 10.4. The van der Waals surface area contributed by atoms with E-state index in [1.54, 1.807) is 18.2 Å². The second-order valence-corrected chi connectivity index (χ2v) is 4.16. The minimum absolute atomic E-state index is 0.0156. The van der Waals surface area contributed by atoms with Crippen LogP contribution < -0.4 is 5.32 Å². The summed E-state index contributed by atoms with van der Waals surface area (Å²) in [5.41, 5.74) is 0.646. The molecule has 0 radical (unpaired) electrons. The normalized spacial score (nSPS) is 12.6. The summed E-state index contributed by atoms with van der Waals surface area (Å²) in [5, 5.41) is 11.4. The lowest BCUT2D eigenvalue weighted by molar-refractivity contribution is -0.117. The molecule has 3 nitrogen and oxygen atoms in total. The van der Waals surface area contributed by atoms with Crippen LogP contribution in [0, 0.1) is 5.82 Å². The van der Waals surface area contributed by atoms with Crippen molar-refractivity contribution in [2.75, 3.05) is 6.61 Å². The van der Waals surface area contributed by atoms with Crippen LogP contribution >= 0.6 is 0 Å². The van der Waals surface area contributed by atoms with Gasteiger partial charge in [-0.25, -0.2) is 4.39 Å². The van der Waals surface area contributed by atoms with Crippen molar-refractivity contribution in [2.24, 2.45) is 0 Å². The highest BCUT2D eigenvalue weighted by molar-refractivity contribution is 5.91. The highest BCUT2D eigenvalue weighted by atomic mass is 19.1. The van der Waals surface area contributed by atoms with Gasteiger partial charge in [0.1, 0.15) is 5.82 Å². The van der Waals surface area contributed by atoms with Gasteiger partial charge < -0.3 is 10.4 Å². The minimum Gasteiger partial charge on any atom is -0.396 e. The predicted molar refractivity (Wildman–Crippen MR) is 69.4 cm³/mol. The van der Waals surface area contributed by atoms with Gasteiger partial charge in [-0.2, -0.15) is 0 Å². The van der Waals surface area contributed by atoms with Gasteiger partial charge in [0, 0.05) is 18.7 Å². The Morgan fingerprint density at radius 2 is 2.33 bits per heavy atom. The molecule has 4 heteroatoms. The molecule has 0 fully saturated rings. The molecule has 0 aliphatic heterocycles. The largest absolute Gasteiger partial charge is 0.396 e. The summed E-state index contributed by atoms with van der Waals surface area (Å²) >= 11 is 0. The fourth-order valence-corrected chi connectivity index (χ4v) is 1.54. The molecule has 98 valence electrons. The summed E-state index contributed by atoms with van der Waals surface area (Å²) in [5.74, 6) is -0.543. The number of aliphatic hydroxyl groups excluding tert-OH is 1. The van der Waals surface area contributed by atoms with Gasteiger partial charge in [0.25, 0.3) is 0 Å². The van der Waals surface area contributed by atoms with E-state index in [1.165, 1.54) is 18.2 Å². The van der Waals surface area contributed by atoms with E-state index in [-0.39, 0.29) is 24.4 Å². The molecule has 0 bridgehead atoms. The Morgan fingerprint density at radius 1 is 1.56 bits per heavy atom. The third-order valence-corrected chi connectivity index (χ3v) is 2.46. The Morgan fingerprint density at radius 3 is 3.00 bits per heavy atom. The highest BCUT2D eigenvalue weighted by Crippen LogP contribution is 2.05. The van der Waals surface area contributed by atoms with Crippen molar-refractivity contribution < 1.29 is 14.3 Å². The van der Waals surface area contributed by atoms with Crippen LogP contribution in [-0.2, 0) is 4.79 Å². The summed E-state index contributed by atoms with van der Waals surface area (Å²) in [6, 6.07) is 6.05. The number of rotatable bonds is 6. The van der Waals surface area contributed by atoms with Crippen LogP contribution in [0.3, 0.4) is 0 Å². The van der Waals surface area contributed by atoms with Gasteiger partial charge in [-0.3, -0.25) is 4.79 Å². The van der Waals surface area contributed by atoms with Crippen molar-refractivity contribution in [1.29, 1.82) is 0 Å². The average Bonchev–Trinajstić information content (AvgIpc) is 2.34. The van der Waals surface area contributed by atoms with Gasteiger partial charge in [0.05, 0.1) is 0 Å². The maximum absolute atomic E-state index is 12.9. The predicted octanol–water partition coefficient (Wildman–Crippen LogP) is 2.12. The maximum atomic E-state index is 12.9. The number of carbonyl (C=O) groups excluding carboxylic acids is 1. The maximum Gasteiger partial charge on any atom is 0.244 e. The third-order valence-electron chi connectivity index (χ3n) is 2.46. The number of amides is 1. The fourth-order valence-electron chi connectivity index (χ4n) is 1.54. The molecule has 0 heterocycles. The van der Waals surface area contributed by atoms with Crippen molar-refractivity contribution in [2.45, 2.75) is 25.8 Å². The Kier molecular flexibility index (Phi) is 6.08. The number of aliphatic hydroxyl groups is 1. The zero-order valence-electron chi connectivity index (χ0n) is 10.4. The molecule has 0 aliphatic rings. The number of hydrogen-bond acceptors (Lipinski definition) is 2.